The second-order valence-corrected chi connectivity index (χ2v) is 5.73. The molecule has 0 aromatic carbocycles. The van der Waals surface area contributed by atoms with Crippen LogP contribution in [-0.4, -0.2) is 5.91 Å². The van der Waals surface area contributed by atoms with Gasteiger partial charge in [-0.25, -0.2) is 0 Å². The maximum Gasteiger partial charge on any atom is 0.217 e. The predicted octanol–water partition coefficient (Wildman–Crippen LogP) is 2.82. The molecule has 0 rings (SSSR count). The molecule has 0 spiro atoms. The minimum atomic E-state index is -0.181. The molecule has 0 aromatic rings. The standard InChI is InChI=1S/C12H25NO/c1-8(2)10(7-11(13)14)9(3)12(4,5)6/h8-10H,7H2,1-6H3,(H2,13,14). The summed E-state index contributed by atoms with van der Waals surface area (Å²) in [7, 11) is 0. The topological polar surface area (TPSA) is 43.1 Å². The maximum absolute atomic E-state index is 11.0. The first-order valence-electron chi connectivity index (χ1n) is 5.44. The molecule has 0 radical (unpaired) electrons. The largest absolute Gasteiger partial charge is 0.370 e. The highest BCUT2D eigenvalue weighted by molar-refractivity contribution is 5.74. The molecule has 2 N–H and O–H groups in total. The average Bonchev–Trinajstić information content (AvgIpc) is 1.96. The molecule has 2 nitrogen and oxygen atoms in total. The van der Waals surface area contributed by atoms with E-state index in [1.54, 1.807) is 0 Å². The number of amides is 1. The van der Waals surface area contributed by atoms with Crippen LogP contribution in [0.5, 0.6) is 0 Å². The summed E-state index contributed by atoms with van der Waals surface area (Å²) < 4.78 is 0. The number of nitrogens with two attached hydrogens (primary N) is 1. The molecule has 1 amide bonds. The van der Waals surface area contributed by atoms with Crippen LogP contribution in [0.3, 0.4) is 0 Å². The predicted molar refractivity (Wildman–Crippen MR) is 60.8 cm³/mol. The summed E-state index contributed by atoms with van der Waals surface area (Å²) in [4.78, 5) is 11.0. The van der Waals surface area contributed by atoms with Gasteiger partial charge >= 0.3 is 0 Å². The Balaban J connectivity index is 4.57. The van der Waals surface area contributed by atoms with E-state index in [4.69, 9.17) is 5.73 Å². The van der Waals surface area contributed by atoms with Crippen LogP contribution in [0, 0.1) is 23.2 Å². The molecule has 0 heterocycles. The van der Waals surface area contributed by atoms with Crippen molar-refractivity contribution >= 4 is 5.91 Å². The number of primary amides is 1. The third-order valence-corrected chi connectivity index (χ3v) is 3.30. The Kier molecular flexibility index (Phi) is 4.63. The van der Waals surface area contributed by atoms with Crippen LogP contribution in [0.15, 0.2) is 0 Å². The van der Waals surface area contributed by atoms with E-state index in [1.165, 1.54) is 0 Å². The first-order chi connectivity index (χ1) is 6.16. The van der Waals surface area contributed by atoms with E-state index in [2.05, 4.69) is 41.5 Å². The van der Waals surface area contributed by atoms with Gasteiger partial charge in [0.15, 0.2) is 0 Å². The van der Waals surface area contributed by atoms with E-state index >= 15 is 0 Å². The lowest BCUT2D eigenvalue weighted by molar-refractivity contribution is -0.120. The van der Waals surface area contributed by atoms with Gasteiger partial charge in [0, 0.05) is 6.42 Å². The molecule has 0 aliphatic heterocycles. The molecule has 0 aliphatic carbocycles. The van der Waals surface area contributed by atoms with Gasteiger partial charge in [-0.3, -0.25) is 4.79 Å². The number of hydrogen-bond donors (Lipinski definition) is 1. The molecular formula is C12H25NO. The van der Waals surface area contributed by atoms with Gasteiger partial charge in [-0.05, 0) is 23.2 Å². The van der Waals surface area contributed by atoms with Crippen molar-refractivity contribution in [3.05, 3.63) is 0 Å². The summed E-state index contributed by atoms with van der Waals surface area (Å²) in [5.74, 6) is 1.24. The monoisotopic (exact) mass is 199 g/mol. The van der Waals surface area contributed by atoms with Gasteiger partial charge in [0.2, 0.25) is 5.91 Å². The van der Waals surface area contributed by atoms with E-state index in [9.17, 15) is 4.79 Å². The highest BCUT2D eigenvalue weighted by Crippen LogP contribution is 2.37. The van der Waals surface area contributed by atoms with E-state index < -0.39 is 0 Å². The quantitative estimate of drug-likeness (QED) is 0.743. The first-order valence-corrected chi connectivity index (χ1v) is 5.44. The fraction of sp³-hybridized carbons (Fsp3) is 0.917. The highest BCUT2D eigenvalue weighted by atomic mass is 16.1. The maximum atomic E-state index is 11.0. The van der Waals surface area contributed by atoms with Crippen molar-refractivity contribution in [3.63, 3.8) is 0 Å². The van der Waals surface area contributed by atoms with Crippen LogP contribution in [0.2, 0.25) is 0 Å². The van der Waals surface area contributed by atoms with Crippen molar-refractivity contribution in [2.75, 3.05) is 0 Å². The third-order valence-electron chi connectivity index (χ3n) is 3.30. The van der Waals surface area contributed by atoms with Gasteiger partial charge in [-0.15, -0.1) is 0 Å². The van der Waals surface area contributed by atoms with Crippen LogP contribution in [0.25, 0.3) is 0 Å². The highest BCUT2D eigenvalue weighted by Gasteiger charge is 2.31. The second-order valence-electron chi connectivity index (χ2n) is 5.73. The lowest BCUT2D eigenvalue weighted by Crippen LogP contribution is -2.32. The van der Waals surface area contributed by atoms with Crippen LogP contribution in [0.4, 0.5) is 0 Å². The number of rotatable bonds is 4. The summed E-state index contributed by atoms with van der Waals surface area (Å²) in [6, 6.07) is 0. The lowest BCUT2D eigenvalue weighted by atomic mass is 9.69. The summed E-state index contributed by atoms with van der Waals surface area (Å²) in [6.45, 7) is 13.2. The number of hydrogen-bond acceptors (Lipinski definition) is 1. The summed E-state index contributed by atoms with van der Waals surface area (Å²) in [5.41, 5.74) is 5.51. The van der Waals surface area contributed by atoms with Gasteiger partial charge in [-0.2, -0.15) is 0 Å². The van der Waals surface area contributed by atoms with Crippen molar-refractivity contribution in [2.45, 2.75) is 48.0 Å². The molecule has 0 bridgehead atoms. The van der Waals surface area contributed by atoms with E-state index in [0.717, 1.165) is 0 Å². The smallest absolute Gasteiger partial charge is 0.217 e. The second kappa shape index (κ2) is 4.81. The molecule has 2 heteroatoms. The van der Waals surface area contributed by atoms with Crippen molar-refractivity contribution in [1.82, 2.24) is 0 Å². The Morgan fingerprint density at radius 3 is 1.86 bits per heavy atom. The molecule has 0 fully saturated rings. The van der Waals surface area contributed by atoms with Crippen LogP contribution < -0.4 is 5.73 Å². The summed E-state index contributed by atoms with van der Waals surface area (Å²) in [5, 5.41) is 0. The van der Waals surface area contributed by atoms with Gasteiger partial charge in [0.05, 0.1) is 0 Å². The van der Waals surface area contributed by atoms with Crippen LogP contribution in [0.1, 0.15) is 48.0 Å². The Bertz CT molecular complexity index is 191. The molecular weight excluding hydrogens is 174 g/mol. The SMILES string of the molecule is CC(C)C(CC(N)=O)C(C)C(C)(C)C. The molecule has 2 atom stereocenters. The zero-order valence-corrected chi connectivity index (χ0v) is 10.4. The molecule has 84 valence electrons. The van der Waals surface area contributed by atoms with E-state index in [1.807, 2.05) is 0 Å². The van der Waals surface area contributed by atoms with Gasteiger partial charge in [0.25, 0.3) is 0 Å². The zero-order valence-electron chi connectivity index (χ0n) is 10.4. The van der Waals surface area contributed by atoms with Crippen LogP contribution >= 0.6 is 0 Å². The fourth-order valence-corrected chi connectivity index (χ4v) is 1.86. The third kappa shape index (κ3) is 4.12. The number of carbonyl (C=O) groups excluding carboxylic acids is 1. The minimum absolute atomic E-state index is 0.181. The molecule has 0 aliphatic rings. The molecule has 2 unspecified atom stereocenters. The molecule has 0 saturated heterocycles. The molecule has 0 saturated carbocycles. The molecule has 14 heavy (non-hydrogen) atoms. The lowest BCUT2D eigenvalue weighted by Gasteiger charge is -2.36. The van der Waals surface area contributed by atoms with Crippen molar-refractivity contribution in [2.24, 2.45) is 28.9 Å². The normalized spacial score (nSPS) is 16.8. The summed E-state index contributed by atoms with van der Waals surface area (Å²) >= 11 is 0. The first kappa shape index (κ1) is 13.5. The number of carbonyl (C=O) groups is 1. The summed E-state index contributed by atoms with van der Waals surface area (Å²) in [6.07, 6.45) is 0.510. The Morgan fingerprint density at radius 2 is 1.64 bits per heavy atom. The fourth-order valence-electron chi connectivity index (χ4n) is 1.86. The van der Waals surface area contributed by atoms with Crippen LogP contribution in [-0.2, 0) is 4.79 Å². The van der Waals surface area contributed by atoms with E-state index in [-0.39, 0.29) is 11.3 Å². The van der Waals surface area contributed by atoms with Gasteiger partial charge < -0.3 is 5.73 Å². The van der Waals surface area contributed by atoms with Crippen molar-refractivity contribution in [3.8, 4) is 0 Å². The van der Waals surface area contributed by atoms with Gasteiger partial charge in [0.1, 0.15) is 0 Å². The Morgan fingerprint density at radius 1 is 1.21 bits per heavy atom. The van der Waals surface area contributed by atoms with E-state index in [0.29, 0.717) is 24.2 Å². The van der Waals surface area contributed by atoms with Crippen molar-refractivity contribution < 1.29 is 4.79 Å². The van der Waals surface area contributed by atoms with Gasteiger partial charge in [-0.1, -0.05) is 41.5 Å². The van der Waals surface area contributed by atoms with Crippen molar-refractivity contribution in [1.29, 1.82) is 0 Å². The minimum Gasteiger partial charge on any atom is -0.370 e. The zero-order chi connectivity index (χ0) is 11.5. The Hall–Kier alpha value is -0.530. The Labute approximate surface area is 88.3 Å². The molecule has 0 aromatic heterocycles. The average molecular weight is 199 g/mol.